The molecule has 2 rings (SSSR count). The largest absolute Gasteiger partial charge is 0.394 e. The molecule has 0 aromatic carbocycles. The van der Waals surface area contributed by atoms with E-state index >= 15 is 0 Å². The first-order chi connectivity index (χ1) is 9.42. The van der Waals surface area contributed by atoms with Crippen LogP contribution in [0.1, 0.15) is 6.23 Å². The summed E-state index contributed by atoms with van der Waals surface area (Å²) in [5, 5.41) is 30.8. The van der Waals surface area contributed by atoms with Crippen LogP contribution in [0.5, 0.6) is 0 Å². The summed E-state index contributed by atoms with van der Waals surface area (Å²) in [6.45, 7) is -0.606. The number of hydrogen-bond acceptors (Lipinski definition) is 9. The van der Waals surface area contributed by atoms with E-state index in [0.717, 1.165) is 0 Å². The van der Waals surface area contributed by atoms with Gasteiger partial charge in [0.05, 0.1) is 6.61 Å². The Bertz CT molecular complexity index is 638. The first-order valence-corrected chi connectivity index (χ1v) is 5.52. The molecule has 0 bridgehead atoms. The van der Waals surface area contributed by atoms with Crippen molar-refractivity contribution in [3.63, 3.8) is 0 Å². The maximum atomic E-state index is 11.7. The van der Waals surface area contributed by atoms with Crippen molar-refractivity contribution in [1.82, 2.24) is 9.55 Å². The van der Waals surface area contributed by atoms with E-state index in [2.05, 4.69) is 5.18 Å². The van der Waals surface area contributed by atoms with Crippen LogP contribution in [0.15, 0.2) is 14.8 Å². The normalized spacial score (nSPS) is 29.6. The fourth-order valence-corrected chi connectivity index (χ4v) is 1.99. The van der Waals surface area contributed by atoms with Gasteiger partial charge in [-0.15, -0.1) is 4.91 Å². The number of nitroso groups, excluding NO2 is 1. The Balaban J connectivity index is 2.57. The fraction of sp³-hybridized carbons (Fsp3) is 0.556. The Kier molecular flexibility index (Phi) is 3.67. The van der Waals surface area contributed by atoms with E-state index in [1.54, 1.807) is 4.98 Å². The van der Waals surface area contributed by atoms with Gasteiger partial charge >= 0.3 is 5.69 Å². The van der Waals surface area contributed by atoms with Crippen LogP contribution in [0.3, 0.4) is 0 Å². The molecule has 0 saturated carbocycles. The minimum absolute atomic E-state index is 0.585. The molecule has 1 aliphatic heterocycles. The van der Waals surface area contributed by atoms with Crippen molar-refractivity contribution in [2.24, 2.45) is 5.18 Å². The van der Waals surface area contributed by atoms with Crippen molar-refractivity contribution in [1.29, 1.82) is 0 Å². The first-order valence-electron chi connectivity index (χ1n) is 5.52. The lowest BCUT2D eigenvalue weighted by Crippen LogP contribution is -2.39. The third kappa shape index (κ3) is 2.02. The number of anilines is 1. The molecule has 1 aromatic rings. The number of ether oxygens (including phenoxy) is 1. The van der Waals surface area contributed by atoms with E-state index in [1.165, 1.54) is 0 Å². The monoisotopic (exact) mass is 288 g/mol. The zero-order valence-corrected chi connectivity index (χ0v) is 9.96. The van der Waals surface area contributed by atoms with Gasteiger partial charge in [-0.3, -0.25) is 9.78 Å². The predicted molar refractivity (Wildman–Crippen MR) is 64.2 cm³/mol. The maximum Gasteiger partial charge on any atom is 0.332 e. The number of H-pyrrole nitrogens is 1. The zero-order chi connectivity index (χ0) is 15.0. The molecule has 11 heteroatoms. The number of nitrogens with zero attached hydrogens (tertiary/aromatic N) is 2. The van der Waals surface area contributed by atoms with Gasteiger partial charge in [-0.1, -0.05) is 0 Å². The fourth-order valence-electron chi connectivity index (χ4n) is 1.99. The van der Waals surface area contributed by atoms with E-state index in [-0.39, 0.29) is 0 Å². The van der Waals surface area contributed by atoms with Crippen LogP contribution in [-0.4, -0.2) is 49.8 Å². The van der Waals surface area contributed by atoms with Gasteiger partial charge in [-0.2, -0.15) is 0 Å². The Morgan fingerprint density at radius 2 is 2.00 bits per heavy atom. The number of nitrogens with two attached hydrogens (primary N) is 1. The van der Waals surface area contributed by atoms with Gasteiger partial charge in [0.15, 0.2) is 6.23 Å². The molecule has 1 aliphatic rings. The van der Waals surface area contributed by atoms with Crippen LogP contribution >= 0.6 is 0 Å². The summed E-state index contributed by atoms with van der Waals surface area (Å²) in [7, 11) is 0. The van der Waals surface area contributed by atoms with E-state index in [1.807, 2.05) is 0 Å². The summed E-state index contributed by atoms with van der Waals surface area (Å²) in [5.74, 6) is -0.608. The molecule has 4 atom stereocenters. The second kappa shape index (κ2) is 5.13. The van der Waals surface area contributed by atoms with Gasteiger partial charge in [0, 0.05) is 0 Å². The Labute approximate surface area is 110 Å². The third-order valence-corrected chi connectivity index (χ3v) is 3.02. The number of hydrogen-bond donors (Lipinski definition) is 5. The SMILES string of the molecule is Nc1c(N=O)c(=O)[nH]c(=O)n1[C@@H]1O[C@H](CO)[C@@H](O)[C@H]1O. The highest BCUT2D eigenvalue weighted by Crippen LogP contribution is 2.30. The zero-order valence-electron chi connectivity index (χ0n) is 9.96. The maximum absolute atomic E-state index is 11.7. The molecule has 0 aliphatic carbocycles. The molecule has 1 saturated heterocycles. The van der Waals surface area contributed by atoms with Crippen LogP contribution in [0.4, 0.5) is 11.5 Å². The molecular formula is C9H12N4O7. The summed E-state index contributed by atoms with van der Waals surface area (Å²) in [5.41, 5.74) is 2.61. The lowest BCUT2D eigenvalue weighted by Gasteiger charge is -2.19. The second-order valence-corrected chi connectivity index (χ2v) is 4.18. The van der Waals surface area contributed by atoms with Crippen LogP contribution in [-0.2, 0) is 4.74 Å². The highest BCUT2D eigenvalue weighted by molar-refractivity contribution is 5.55. The molecule has 6 N–H and O–H groups in total. The number of nitrogens with one attached hydrogen (secondary N) is 1. The van der Waals surface area contributed by atoms with Gasteiger partial charge in [-0.05, 0) is 5.18 Å². The standard InChI is InChI=1S/C9H12N4O7/c10-6-3(12-19)7(17)11-9(18)13(6)8-5(16)4(15)2(1-14)20-8/h2,4-5,8,14-16H,1,10H2,(H,11,17,18)/t2-,4-,5-,8-/m1/s1. The number of rotatable bonds is 3. The third-order valence-electron chi connectivity index (χ3n) is 3.02. The molecule has 1 aromatic heterocycles. The van der Waals surface area contributed by atoms with Crippen molar-refractivity contribution in [3.05, 3.63) is 25.7 Å². The summed E-state index contributed by atoms with van der Waals surface area (Å²) in [4.78, 5) is 35.3. The van der Waals surface area contributed by atoms with Gasteiger partial charge in [0.2, 0.25) is 5.69 Å². The smallest absolute Gasteiger partial charge is 0.332 e. The molecule has 20 heavy (non-hydrogen) atoms. The quantitative estimate of drug-likeness (QED) is 0.368. The minimum Gasteiger partial charge on any atom is -0.394 e. The van der Waals surface area contributed by atoms with Crippen molar-refractivity contribution < 1.29 is 20.1 Å². The summed E-state index contributed by atoms with van der Waals surface area (Å²) < 4.78 is 5.67. The van der Waals surface area contributed by atoms with Crippen LogP contribution in [0.2, 0.25) is 0 Å². The lowest BCUT2D eigenvalue weighted by atomic mass is 10.1. The average molecular weight is 288 g/mol. The van der Waals surface area contributed by atoms with Gasteiger partial charge in [0.1, 0.15) is 24.1 Å². The number of nitrogen functional groups attached to an aromatic ring is 1. The molecule has 0 spiro atoms. The van der Waals surface area contributed by atoms with Crippen molar-refractivity contribution >= 4 is 11.5 Å². The van der Waals surface area contributed by atoms with Gasteiger partial charge < -0.3 is 25.8 Å². The number of aliphatic hydroxyl groups excluding tert-OH is 3. The van der Waals surface area contributed by atoms with Gasteiger partial charge in [-0.25, -0.2) is 9.36 Å². The number of aromatic amines is 1. The molecule has 11 nitrogen and oxygen atoms in total. The molecular weight excluding hydrogens is 276 g/mol. The van der Waals surface area contributed by atoms with Crippen LogP contribution in [0, 0.1) is 4.91 Å². The van der Waals surface area contributed by atoms with Crippen LogP contribution in [0.25, 0.3) is 0 Å². The lowest BCUT2D eigenvalue weighted by molar-refractivity contribution is -0.0538. The van der Waals surface area contributed by atoms with Crippen LogP contribution < -0.4 is 17.0 Å². The van der Waals surface area contributed by atoms with E-state index in [0.29, 0.717) is 4.57 Å². The topological polar surface area (TPSA) is 180 Å². The highest BCUT2D eigenvalue weighted by Gasteiger charge is 2.44. The Hall–Kier alpha value is -2.08. The number of aliphatic hydroxyl groups is 3. The molecule has 0 amide bonds. The van der Waals surface area contributed by atoms with E-state index in [9.17, 15) is 24.7 Å². The van der Waals surface area contributed by atoms with Gasteiger partial charge in [0.25, 0.3) is 5.56 Å². The Morgan fingerprint density at radius 3 is 2.50 bits per heavy atom. The van der Waals surface area contributed by atoms with Crippen molar-refractivity contribution in [2.45, 2.75) is 24.5 Å². The van der Waals surface area contributed by atoms with Crippen molar-refractivity contribution in [2.75, 3.05) is 12.3 Å². The molecule has 0 unspecified atom stereocenters. The number of aromatic nitrogens is 2. The average Bonchev–Trinajstić information content (AvgIpc) is 2.67. The summed E-state index contributed by atoms with van der Waals surface area (Å²) in [6.07, 6.45) is -5.65. The Morgan fingerprint density at radius 1 is 1.35 bits per heavy atom. The van der Waals surface area contributed by atoms with E-state index < -0.39 is 53.9 Å². The predicted octanol–water partition coefficient (Wildman–Crippen LogP) is -2.87. The van der Waals surface area contributed by atoms with Crippen molar-refractivity contribution in [3.8, 4) is 0 Å². The molecule has 0 radical (unpaired) electrons. The first kappa shape index (κ1) is 14.3. The second-order valence-electron chi connectivity index (χ2n) is 4.18. The molecule has 110 valence electrons. The molecule has 1 fully saturated rings. The summed E-state index contributed by atoms with van der Waals surface area (Å²) in [6, 6.07) is 0. The summed E-state index contributed by atoms with van der Waals surface area (Å²) >= 11 is 0. The molecule has 2 heterocycles. The van der Waals surface area contributed by atoms with E-state index in [4.69, 9.17) is 15.6 Å². The highest BCUT2D eigenvalue weighted by atomic mass is 16.6. The minimum atomic E-state index is -1.59.